The molecular formula is C18H30N2. The van der Waals surface area contributed by atoms with Gasteiger partial charge in [-0.1, -0.05) is 44.2 Å². The third-order valence-electron chi connectivity index (χ3n) is 4.85. The molecule has 1 saturated heterocycles. The molecule has 2 heteroatoms. The molecule has 0 spiro atoms. The molecule has 2 rings (SSSR count). The second-order valence-electron chi connectivity index (χ2n) is 6.55. The summed E-state index contributed by atoms with van der Waals surface area (Å²) in [5, 5.41) is 0. The van der Waals surface area contributed by atoms with Gasteiger partial charge >= 0.3 is 0 Å². The predicted octanol–water partition coefficient (Wildman–Crippen LogP) is 3.31. The van der Waals surface area contributed by atoms with Crippen LogP contribution in [-0.4, -0.2) is 30.6 Å². The fraction of sp³-hybridized carbons (Fsp3) is 0.667. The van der Waals surface area contributed by atoms with E-state index in [9.17, 15) is 0 Å². The van der Waals surface area contributed by atoms with Crippen LogP contribution in [0, 0.1) is 11.8 Å². The monoisotopic (exact) mass is 274 g/mol. The van der Waals surface area contributed by atoms with Crippen LogP contribution in [0.1, 0.15) is 38.7 Å². The molecule has 0 radical (unpaired) electrons. The smallest absolute Gasteiger partial charge is 0.0258 e. The highest BCUT2D eigenvalue weighted by Gasteiger charge is 2.23. The molecule has 20 heavy (non-hydrogen) atoms. The maximum Gasteiger partial charge on any atom is 0.0258 e. The minimum atomic E-state index is 0.503. The van der Waals surface area contributed by atoms with E-state index in [1.807, 2.05) is 0 Å². The number of nitrogens with zero attached hydrogens (tertiary/aromatic N) is 1. The Hall–Kier alpha value is -0.860. The molecule has 0 saturated carbocycles. The Balaban J connectivity index is 1.94. The molecule has 0 amide bonds. The lowest BCUT2D eigenvalue weighted by molar-refractivity contribution is 0.201. The summed E-state index contributed by atoms with van der Waals surface area (Å²) in [6.07, 6.45) is 5.14. The minimum Gasteiger partial charge on any atom is -0.329 e. The maximum atomic E-state index is 6.06. The topological polar surface area (TPSA) is 29.3 Å². The summed E-state index contributed by atoms with van der Waals surface area (Å²) in [6, 6.07) is 11.3. The summed E-state index contributed by atoms with van der Waals surface area (Å²) in [6.45, 7) is 7.94. The van der Waals surface area contributed by atoms with Crippen molar-refractivity contribution in [2.45, 2.75) is 45.6 Å². The number of nitrogens with two attached hydrogens (primary N) is 1. The fourth-order valence-corrected chi connectivity index (χ4v) is 3.42. The third kappa shape index (κ3) is 4.32. The highest BCUT2D eigenvalue weighted by atomic mass is 15.2. The largest absolute Gasteiger partial charge is 0.329 e. The second-order valence-corrected chi connectivity index (χ2v) is 6.55. The van der Waals surface area contributed by atoms with Crippen molar-refractivity contribution in [1.82, 2.24) is 4.90 Å². The Labute approximate surface area is 124 Å². The van der Waals surface area contributed by atoms with Crippen molar-refractivity contribution >= 4 is 0 Å². The van der Waals surface area contributed by atoms with Gasteiger partial charge < -0.3 is 5.73 Å². The zero-order valence-electron chi connectivity index (χ0n) is 13.1. The highest BCUT2D eigenvalue weighted by Crippen LogP contribution is 2.25. The number of rotatable bonds is 5. The van der Waals surface area contributed by atoms with Crippen LogP contribution in [0.25, 0.3) is 0 Å². The van der Waals surface area contributed by atoms with Crippen LogP contribution in [-0.2, 0) is 6.42 Å². The predicted molar refractivity (Wildman–Crippen MR) is 86.7 cm³/mol. The number of likely N-dealkylation sites (tertiary alicyclic amines) is 1. The molecule has 1 aliphatic heterocycles. The van der Waals surface area contributed by atoms with Crippen LogP contribution in [0.5, 0.6) is 0 Å². The Bertz CT molecular complexity index is 374. The number of hydrogen-bond acceptors (Lipinski definition) is 2. The van der Waals surface area contributed by atoms with E-state index in [1.165, 1.54) is 37.9 Å². The van der Waals surface area contributed by atoms with Gasteiger partial charge in [0.15, 0.2) is 0 Å². The van der Waals surface area contributed by atoms with E-state index in [0.29, 0.717) is 6.04 Å². The van der Waals surface area contributed by atoms with Gasteiger partial charge in [0.05, 0.1) is 0 Å². The first-order valence-electron chi connectivity index (χ1n) is 8.18. The molecule has 1 heterocycles. The van der Waals surface area contributed by atoms with Crippen molar-refractivity contribution in [2.75, 3.05) is 19.6 Å². The van der Waals surface area contributed by atoms with E-state index in [1.54, 1.807) is 0 Å². The van der Waals surface area contributed by atoms with Gasteiger partial charge in [-0.05, 0) is 56.2 Å². The molecule has 2 atom stereocenters. The first-order valence-corrected chi connectivity index (χ1v) is 8.18. The average molecular weight is 274 g/mol. The van der Waals surface area contributed by atoms with Gasteiger partial charge in [-0.3, -0.25) is 4.90 Å². The van der Waals surface area contributed by atoms with Gasteiger partial charge in [-0.25, -0.2) is 0 Å². The molecule has 0 aliphatic carbocycles. The van der Waals surface area contributed by atoms with E-state index in [2.05, 4.69) is 49.1 Å². The van der Waals surface area contributed by atoms with Crippen LogP contribution >= 0.6 is 0 Å². The summed E-state index contributed by atoms with van der Waals surface area (Å²) in [5.74, 6) is 1.72. The lowest BCUT2D eigenvalue weighted by Crippen LogP contribution is -2.42. The molecule has 0 bridgehead atoms. The summed E-state index contributed by atoms with van der Waals surface area (Å²) in [5.41, 5.74) is 7.47. The maximum absolute atomic E-state index is 6.06. The lowest BCUT2D eigenvalue weighted by Gasteiger charge is -2.30. The minimum absolute atomic E-state index is 0.503. The zero-order chi connectivity index (χ0) is 14.4. The van der Waals surface area contributed by atoms with Crippen LogP contribution in [0.15, 0.2) is 30.3 Å². The second kappa shape index (κ2) is 7.80. The molecule has 1 aromatic carbocycles. The fourth-order valence-electron chi connectivity index (χ4n) is 3.42. The molecule has 1 aliphatic rings. The van der Waals surface area contributed by atoms with Crippen molar-refractivity contribution in [3.63, 3.8) is 0 Å². The van der Waals surface area contributed by atoms with Crippen molar-refractivity contribution < 1.29 is 0 Å². The van der Waals surface area contributed by atoms with Crippen LogP contribution < -0.4 is 5.73 Å². The quantitative estimate of drug-likeness (QED) is 0.892. The lowest BCUT2D eigenvalue weighted by atomic mass is 9.89. The van der Waals surface area contributed by atoms with Crippen LogP contribution in [0.3, 0.4) is 0 Å². The molecule has 2 nitrogen and oxygen atoms in total. The molecule has 0 aromatic heterocycles. The van der Waals surface area contributed by atoms with Crippen LogP contribution in [0.2, 0.25) is 0 Å². The van der Waals surface area contributed by atoms with Crippen molar-refractivity contribution in [1.29, 1.82) is 0 Å². The Morgan fingerprint density at radius 1 is 1.15 bits per heavy atom. The molecule has 2 unspecified atom stereocenters. The van der Waals surface area contributed by atoms with E-state index in [0.717, 1.165) is 24.8 Å². The van der Waals surface area contributed by atoms with E-state index >= 15 is 0 Å². The molecule has 1 fully saturated rings. The summed E-state index contributed by atoms with van der Waals surface area (Å²) < 4.78 is 0. The Morgan fingerprint density at radius 2 is 1.90 bits per heavy atom. The van der Waals surface area contributed by atoms with Gasteiger partial charge in [0.25, 0.3) is 0 Å². The van der Waals surface area contributed by atoms with E-state index in [-0.39, 0.29) is 0 Å². The standard InChI is InChI=1S/C18H30N2/c1-15(2)17-9-6-11-20(12-10-17)18(14-19)13-16-7-4-3-5-8-16/h3-5,7-8,15,17-18H,6,9-14,19H2,1-2H3. The van der Waals surface area contributed by atoms with Crippen molar-refractivity contribution in [3.05, 3.63) is 35.9 Å². The molecular weight excluding hydrogens is 244 g/mol. The summed E-state index contributed by atoms with van der Waals surface area (Å²) in [7, 11) is 0. The third-order valence-corrected chi connectivity index (χ3v) is 4.85. The van der Waals surface area contributed by atoms with E-state index < -0.39 is 0 Å². The van der Waals surface area contributed by atoms with Crippen molar-refractivity contribution in [2.24, 2.45) is 17.6 Å². The normalized spacial score (nSPS) is 22.7. The Morgan fingerprint density at radius 3 is 2.55 bits per heavy atom. The van der Waals surface area contributed by atoms with E-state index in [4.69, 9.17) is 5.73 Å². The first-order chi connectivity index (χ1) is 9.70. The van der Waals surface area contributed by atoms with Gasteiger partial charge in [0.2, 0.25) is 0 Å². The summed E-state index contributed by atoms with van der Waals surface area (Å²) >= 11 is 0. The van der Waals surface area contributed by atoms with Gasteiger partial charge in [0, 0.05) is 12.6 Å². The zero-order valence-corrected chi connectivity index (χ0v) is 13.1. The summed E-state index contributed by atoms with van der Waals surface area (Å²) in [4.78, 5) is 2.63. The molecule has 1 aromatic rings. The first kappa shape index (κ1) is 15.5. The highest BCUT2D eigenvalue weighted by molar-refractivity contribution is 5.16. The average Bonchev–Trinajstić information content (AvgIpc) is 2.72. The molecule has 2 N–H and O–H groups in total. The van der Waals surface area contributed by atoms with Crippen LogP contribution in [0.4, 0.5) is 0 Å². The van der Waals surface area contributed by atoms with Gasteiger partial charge in [0.1, 0.15) is 0 Å². The SMILES string of the molecule is CC(C)C1CCCN(C(CN)Cc2ccccc2)CC1. The van der Waals surface area contributed by atoms with Crippen molar-refractivity contribution in [3.8, 4) is 0 Å². The molecule has 112 valence electrons. The number of hydrogen-bond donors (Lipinski definition) is 1. The van der Waals surface area contributed by atoms with Gasteiger partial charge in [-0.2, -0.15) is 0 Å². The van der Waals surface area contributed by atoms with Gasteiger partial charge in [-0.15, -0.1) is 0 Å². The number of benzene rings is 1. The Kier molecular flexibility index (Phi) is 6.06.